The van der Waals surface area contributed by atoms with Crippen LogP contribution in [0, 0.1) is 0 Å². The summed E-state index contributed by atoms with van der Waals surface area (Å²) in [5.41, 5.74) is 0. The van der Waals surface area contributed by atoms with Crippen LogP contribution in [0.3, 0.4) is 0 Å². The molecule has 0 radical (unpaired) electrons. The summed E-state index contributed by atoms with van der Waals surface area (Å²) < 4.78 is 0. The quantitative estimate of drug-likeness (QED) is 0.527. The zero-order valence-electron chi connectivity index (χ0n) is 14.3. The molecular weight excluding hydrogens is 244 g/mol. The topological polar surface area (TPSA) is 15.3 Å². The van der Waals surface area contributed by atoms with Gasteiger partial charge in [0.2, 0.25) is 0 Å². The Bertz CT molecular complexity index is 209. The van der Waals surface area contributed by atoms with Crippen LogP contribution < -0.4 is 5.32 Å². The number of hydrogen-bond acceptors (Lipinski definition) is 2. The normalized spacial score (nSPS) is 19.4. The van der Waals surface area contributed by atoms with Gasteiger partial charge < -0.3 is 5.32 Å². The first-order valence-electron chi connectivity index (χ1n) is 9.21. The Hall–Kier alpha value is -0.0800. The first-order valence-corrected chi connectivity index (χ1v) is 9.21. The third-order valence-electron chi connectivity index (χ3n) is 4.65. The minimum atomic E-state index is 0.696. The molecule has 1 fully saturated rings. The summed E-state index contributed by atoms with van der Waals surface area (Å²) >= 11 is 0. The van der Waals surface area contributed by atoms with Gasteiger partial charge >= 0.3 is 0 Å². The number of rotatable bonds is 12. The van der Waals surface area contributed by atoms with Gasteiger partial charge in [0.1, 0.15) is 0 Å². The highest BCUT2D eigenvalue weighted by Gasteiger charge is 2.19. The average Bonchev–Trinajstić information content (AvgIpc) is 2.93. The number of unbranched alkanes of at least 4 members (excludes halogenated alkanes) is 7. The molecule has 1 unspecified atom stereocenters. The van der Waals surface area contributed by atoms with Crippen molar-refractivity contribution in [2.45, 2.75) is 97.1 Å². The van der Waals surface area contributed by atoms with Crippen LogP contribution in [0.25, 0.3) is 0 Å². The predicted octanol–water partition coefficient (Wildman–Crippen LogP) is 4.59. The minimum Gasteiger partial charge on any atom is -0.313 e. The molecule has 1 heterocycles. The molecule has 1 aliphatic rings. The van der Waals surface area contributed by atoms with Crippen molar-refractivity contribution in [2.75, 3.05) is 19.6 Å². The van der Waals surface area contributed by atoms with Gasteiger partial charge in [-0.05, 0) is 46.2 Å². The lowest BCUT2D eigenvalue weighted by atomic mass is 10.1. The van der Waals surface area contributed by atoms with E-state index in [-0.39, 0.29) is 0 Å². The summed E-state index contributed by atoms with van der Waals surface area (Å²) in [5, 5.41) is 3.63. The monoisotopic (exact) mass is 282 g/mol. The third-order valence-corrected chi connectivity index (χ3v) is 4.65. The van der Waals surface area contributed by atoms with Crippen molar-refractivity contribution in [2.24, 2.45) is 0 Å². The molecule has 0 bridgehead atoms. The Morgan fingerprint density at radius 2 is 1.65 bits per heavy atom. The molecule has 0 amide bonds. The summed E-state index contributed by atoms with van der Waals surface area (Å²) in [6.45, 7) is 10.8. The van der Waals surface area contributed by atoms with Gasteiger partial charge in [0.25, 0.3) is 0 Å². The summed E-state index contributed by atoms with van der Waals surface area (Å²) in [5.74, 6) is 0. The van der Waals surface area contributed by atoms with Crippen molar-refractivity contribution in [1.29, 1.82) is 0 Å². The van der Waals surface area contributed by atoms with Crippen LogP contribution in [0.2, 0.25) is 0 Å². The minimum absolute atomic E-state index is 0.696. The van der Waals surface area contributed by atoms with Gasteiger partial charge in [0.15, 0.2) is 0 Å². The van der Waals surface area contributed by atoms with Crippen molar-refractivity contribution >= 4 is 0 Å². The van der Waals surface area contributed by atoms with Gasteiger partial charge in [-0.3, -0.25) is 4.90 Å². The molecule has 1 rings (SSSR count). The highest BCUT2D eigenvalue weighted by Crippen LogP contribution is 2.12. The lowest BCUT2D eigenvalue weighted by molar-refractivity contribution is 0.198. The van der Waals surface area contributed by atoms with E-state index in [1.165, 1.54) is 83.8 Å². The molecule has 1 atom stereocenters. The molecule has 2 heteroatoms. The van der Waals surface area contributed by atoms with Crippen LogP contribution in [-0.2, 0) is 0 Å². The predicted molar refractivity (Wildman–Crippen MR) is 90.3 cm³/mol. The van der Waals surface area contributed by atoms with E-state index in [0.29, 0.717) is 6.04 Å². The molecule has 1 saturated heterocycles. The second kappa shape index (κ2) is 11.6. The fourth-order valence-electron chi connectivity index (χ4n) is 3.20. The molecule has 0 aromatic rings. The Kier molecular flexibility index (Phi) is 10.4. The smallest absolute Gasteiger partial charge is 0.0195 e. The van der Waals surface area contributed by atoms with Crippen LogP contribution >= 0.6 is 0 Å². The van der Waals surface area contributed by atoms with Crippen molar-refractivity contribution in [1.82, 2.24) is 10.2 Å². The van der Waals surface area contributed by atoms with Gasteiger partial charge in [0.05, 0.1) is 0 Å². The van der Waals surface area contributed by atoms with Crippen molar-refractivity contribution in [3.8, 4) is 0 Å². The zero-order chi connectivity index (χ0) is 14.6. The molecule has 1 aliphatic heterocycles. The molecule has 120 valence electrons. The van der Waals surface area contributed by atoms with Crippen molar-refractivity contribution in [3.63, 3.8) is 0 Å². The maximum absolute atomic E-state index is 3.63. The zero-order valence-corrected chi connectivity index (χ0v) is 14.3. The van der Waals surface area contributed by atoms with Crippen LogP contribution in [0.4, 0.5) is 0 Å². The van der Waals surface area contributed by atoms with Gasteiger partial charge in [0, 0.05) is 18.6 Å². The standard InChI is InChI=1S/C18H38N2/c1-4-5-6-7-8-9-10-11-15-20(17(2)3)16-18-13-12-14-19-18/h17-19H,4-16H2,1-3H3. The van der Waals surface area contributed by atoms with E-state index in [4.69, 9.17) is 0 Å². The van der Waals surface area contributed by atoms with E-state index in [0.717, 1.165) is 6.04 Å². The Morgan fingerprint density at radius 3 is 2.20 bits per heavy atom. The third kappa shape index (κ3) is 8.26. The molecule has 0 saturated carbocycles. The van der Waals surface area contributed by atoms with Crippen LogP contribution in [0.1, 0.15) is 85.0 Å². The first kappa shape index (κ1) is 18.0. The molecule has 20 heavy (non-hydrogen) atoms. The summed E-state index contributed by atoms with van der Waals surface area (Å²) in [6.07, 6.45) is 14.1. The largest absolute Gasteiger partial charge is 0.313 e. The Labute approximate surface area is 127 Å². The fraction of sp³-hybridized carbons (Fsp3) is 1.00. The molecule has 0 aliphatic carbocycles. The van der Waals surface area contributed by atoms with Crippen LogP contribution in [0.5, 0.6) is 0 Å². The number of nitrogens with zero attached hydrogens (tertiary/aromatic N) is 1. The number of hydrogen-bond donors (Lipinski definition) is 1. The van der Waals surface area contributed by atoms with Gasteiger partial charge in [-0.15, -0.1) is 0 Å². The van der Waals surface area contributed by atoms with Crippen molar-refractivity contribution in [3.05, 3.63) is 0 Å². The van der Waals surface area contributed by atoms with E-state index in [1.54, 1.807) is 0 Å². The highest BCUT2D eigenvalue weighted by molar-refractivity contribution is 4.79. The van der Waals surface area contributed by atoms with Crippen LogP contribution in [-0.4, -0.2) is 36.6 Å². The van der Waals surface area contributed by atoms with Crippen LogP contribution in [0.15, 0.2) is 0 Å². The molecule has 1 N–H and O–H groups in total. The van der Waals surface area contributed by atoms with Gasteiger partial charge in [-0.2, -0.15) is 0 Å². The molecule has 2 nitrogen and oxygen atoms in total. The van der Waals surface area contributed by atoms with E-state index < -0.39 is 0 Å². The maximum atomic E-state index is 3.63. The Morgan fingerprint density at radius 1 is 1.00 bits per heavy atom. The van der Waals surface area contributed by atoms with Gasteiger partial charge in [-0.1, -0.05) is 51.9 Å². The van der Waals surface area contributed by atoms with Crippen molar-refractivity contribution < 1.29 is 0 Å². The Balaban J connectivity index is 2.01. The SMILES string of the molecule is CCCCCCCCCCN(CC1CCCN1)C(C)C. The van der Waals surface area contributed by atoms with E-state index >= 15 is 0 Å². The molecule has 0 aromatic heterocycles. The van der Waals surface area contributed by atoms with E-state index in [1.807, 2.05) is 0 Å². The molecule has 0 aromatic carbocycles. The lowest BCUT2D eigenvalue weighted by Gasteiger charge is -2.29. The van der Waals surface area contributed by atoms with Gasteiger partial charge in [-0.25, -0.2) is 0 Å². The average molecular weight is 283 g/mol. The second-order valence-electron chi connectivity index (χ2n) is 6.86. The summed E-state index contributed by atoms with van der Waals surface area (Å²) in [6, 6.07) is 1.45. The second-order valence-corrected chi connectivity index (χ2v) is 6.86. The molecular formula is C18H38N2. The fourth-order valence-corrected chi connectivity index (χ4v) is 3.20. The van der Waals surface area contributed by atoms with E-state index in [2.05, 4.69) is 31.0 Å². The first-order chi connectivity index (χ1) is 9.74. The summed E-state index contributed by atoms with van der Waals surface area (Å²) in [4.78, 5) is 2.68. The maximum Gasteiger partial charge on any atom is 0.0195 e. The highest BCUT2D eigenvalue weighted by atomic mass is 15.2. The number of nitrogens with one attached hydrogen (secondary N) is 1. The van der Waals surface area contributed by atoms with E-state index in [9.17, 15) is 0 Å². The summed E-state index contributed by atoms with van der Waals surface area (Å²) in [7, 11) is 0. The molecule has 0 spiro atoms. The lowest BCUT2D eigenvalue weighted by Crippen LogP contribution is -2.41.